The Bertz CT molecular complexity index is 450. The van der Waals surface area contributed by atoms with Crippen molar-refractivity contribution >= 4 is 11.5 Å². The molecule has 0 aliphatic carbocycles. The maximum atomic E-state index is 12.2. The highest BCUT2D eigenvalue weighted by Gasteiger charge is 2.26. The van der Waals surface area contributed by atoms with Gasteiger partial charge in [0, 0.05) is 23.9 Å². The molecule has 1 saturated heterocycles. The molecule has 1 fully saturated rings. The molecule has 1 N–H and O–H groups in total. The zero-order valence-corrected chi connectivity index (χ0v) is 10.0. The first-order chi connectivity index (χ1) is 8.24. The number of carbonyl (C=O) groups excluding carboxylic acids is 1. The van der Waals surface area contributed by atoms with E-state index in [1.54, 1.807) is 0 Å². The molecular weight excluding hydrogens is 214 g/mol. The molecule has 0 radical (unpaired) electrons. The summed E-state index contributed by atoms with van der Waals surface area (Å²) in [5, 5.41) is 3.39. The summed E-state index contributed by atoms with van der Waals surface area (Å²) in [5.74, 6) is 0.143. The minimum atomic E-state index is -0.208. The fourth-order valence-corrected chi connectivity index (χ4v) is 2.67. The first-order valence-corrected chi connectivity index (χ1v) is 6.29. The molecular formula is C14H17NO2. The van der Waals surface area contributed by atoms with Crippen molar-refractivity contribution in [1.29, 1.82) is 0 Å². The van der Waals surface area contributed by atoms with Crippen molar-refractivity contribution in [3.63, 3.8) is 0 Å². The number of rotatable bonds is 2. The largest absolute Gasteiger partial charge is 0.382 e. The van der Waals surface area contributed by atoms with Crippen molar-refractivity contribution in [3.05, 3.63) is 29.3 Å². The van der Waals surface area contributed by atoms with Crippen LogP contribution in [0, 0.1) is 0 Å². The third-order valence-corrected chi connectivity index (χ3v) is 3.54. The number of hydrogen-bond donors (Lipinski definition) is 1. The van der Waals surface area contributed by atoms with Gasteiger partial charge in [-0.15, -0.1) is 0 Å². The summed E-state index contributed by atoms with van der Waals surface area (Å²) < 4.78 is 5.44. The molecule has 0 amide bonds. The van der Waals surface area contributed by atoms with Crippen LogP contribution in [0.1, 0.15) is 35.7 Å². The fourth-order valence-electron chi connectivity index (χ4n) is 2.67. The average molecular weight is 231 g/mol. The average Bonchev–Trinajstić information content (AvgIpc) is 2.94. The van der Waals surface area contributed by atoms with Crippen LogP contribution in [0.15, 0.2) is 18.2 Å². The van der Waals surface area contributed by atoms with E-state index in [0.717, 1.165) is 31.4 Å². The molecule has 2 heterocycles. The molecule has 0 aromatic heterocycles. The van der Waals surface area contributed by atoms with Gasteiger partial charge in [0.2, 0.25) is 0 Å². The Morgan fingerprint density at radius 2 is 2.35 bits per heavy atom. The minimum Gasteiger partial charge on any atom is -0.382 e. The lowest BCUT2D eigenvalue weighted by atomic mass is 10.0. The van der Waals surface area contributed by atoms with E-state index in [1.807, 2.05) is 18.2 Å². The van der Waals surface area contributed by atoms with Gasteiger partial charge in [0.25, 0.3) is 0 Å². The predicted octanol–water partition coefficient (Wildman–Crippen LogP) is 2.40. The topological polar surface area (TPSA) is 38.3 Å². The molecule has 2 aliphatic heterocycles. The highest BCUT2D eigenvalue weighted by Crippen LogP contribution is 2.28. The lowest BCUT2D eigenvalue weighted by Crippen LogP contribution is -2.19. The van der Waals surface area contributed by atoms with Crippen molar-refractivity contribution < 1.29 is 9.53 Å². The number of ketones is 1. The van der Waals surface area contributed by atoms with E-state index in [-0.39, 0.29) is 11.9 Å². The van der Waals surface area contributed by atoms with Crippen molar-refractivity contribution in [2.45, 2.75) is 38.3 Å². The standard InChI is InChI=1S/C14H17NO2/c1-9-7-11-8-10(4-5-12(11)15-9)14(16)13-3-2-6-17-13/h4-5,8-9,13,15H,2-3,6-7H2,1H3. The molecule has 0 saturated carbocycles. The molecule has 0 bridgehead atoms. The zero-order valence-electron chi connectivity index (χ0n) is 10.0. The quantitative estimate of drug-likeness (QED) is 0.794. The highest BCUT2D eigenvalue weighted by molar-refractivity contribution is 6.00. The number of nitrogens with one attached hydrogen (secondary N) is 1. The van der Waals surface area contributed by atoms with Gasteiger partial charge < -0.3 is 10.1 Å². The zero-order chi connectivity index (χ0) is 11.8. The van der Waals surface area contributed by atoms with Gasteiger partial charge in [-0.05, 0) is 49.9 Å². The van der Waals surface area contributed by atoms with Crippen LogP contribution >= 0.6 is 0 Å². The second-order valence-electron chi connectivity index (χ2n) is 4.99. The van der Waals surface area contributed by atoms with E-state index in [9.17, 15) is 4.79 Å². The number of fused-ring (bicyclic) bond motifs is 1. The van der Waals surface area contributed by atoms with Crippen LogP contribution < -0.4 is 5.32 Å². The van der Waals surface area contributed by atoms with Crippen LogP contribution in [-0.4, -0.2) is 24.5 Å². The van der Waals surface area contributed by atoms with Crippen LogP contribution in [0.3, 0.4) is 0 Å². The number of carbonyl (C=O) groups is 1. The van der Waals surface area contributed by atoms with Crippen LogP contribution in [0.4, 0.5) is 5.69 Å². The van der Waals surface area contributed by atoms with Gasteiger partial charge in [0.05, 0.1) is 0 Å². The third-order valence-electron chi connectivity index (χ3n) is 3.54. The molecule has 17 heavy (non-hydrogen) atoms. The number of benzene rings is 1. The van der Waals surface area contributed by atoms with Crippen LogP contribution in [0.25, 0.3) is 0 Å². The Balaban J connectivity index is 1.84. The molecule has 1 aromatic carbocycles. The summed E-state index contributed by atoms with van der Waals surface area (Å²) >= 11 is 0. The normalized spacial score (nSPS) is 26.6. The van der Waals surface area contributed by atoms with Gasteiger partial charge in [-0.25, -0.2) is 0 Å². The van der Waals surface area contributed by atoms with Crippen molar-refractivity contribution in [1.82, 2.24) is 0 Å². The fraction of sp³-hybridized carbons (Fsp3) is 0.500. The SMILES string of the molecule is CC1Cc2cc(C(=O)C3CCCO3)ccc2N1. The van der Waals surface area contributed by atoms with E-state index >= 15 is 0 Å². The summed E-state index contributed by atoms with van der Waals surface area (Å²) in [6.45, 7) is 2.88. The summed E-state index contributed by atoms with van der Waals surface area (Å²) in [7, 11) is 0. The second-order valence-corrected chi connectivity index (χ2v) is 4.99. The Morgan fingerprint density at radius 3 is 3.12 bits per heavy atom. The van der Waals surface area contributed by atoms with Gasteiger partial charge in [-0.2, -0.15) is 0 Å². The highest BCUT2D eigenvalue weighted by atomic mass is 16.5. The summed E-state index contributed by atoms with van der Waals surface area (Å²) in [5.41, 5.74) is 3.22. The van der Waals surface area contributed by atoms with E-state index < -0.39 is 0 Å². The van der Waals surface area contributed by atoms with E-state index in [1.165, 1.54) is 11.3 Å². The summed E-state index contributed by atoms with van der Waals surface area (Å²) in [6.07, 6.45) is 2.66. The number of ether oxygens (including phenoxy) is 1. The third kappa shape index (κ3) is 1.95. The Kier molecular flexibility index (Phi) is 2.63. The monoisotopic (exact) mass is 231 g/mol. The maximum Gasteiger partial charge on any atom is 0.191 e. The molecule has 2 atom stereocenters. The Hall–Kier alpha value is -1.35. The molecule has 0 spiro atoms. The van der Waals surface area contributed by atoms with Crippen LogP contribution in [0.2, 0.25) is 0 Å². The molecule has 3 heteroatoms. The number of hydrogen-bond acceptors (Lipinski definition) is 3. The molecule has 3 rings (SSSR count). The first-order valence-electron chi connectivity index (χ1n) is 6.29. The first kappa shape index (κ1) is 10.8. The minimum absolute atomic E-state index is 0.143. The molecule has 1 aromatic rings. The summed E-state index contributed by atoms with van der Waals surface area (Å²) in [6, 6.07) is 6.42. The number of Topliss-reactive ketones (excluding diaryl/α,β-unsaturated/α-hetero) is 1. The molecule has 90 valence electrons. The van der Waals surface area contributed by atoms with Crippen molar-refractivity contribution in [2.24, 2.45) is 0 Å². The lowest BCUT2D eigenvalue weighted by molar-refractivity contribution is 0.0643. The lowest BCUT2D eigenvalue weighted by Gasteiger charge is -2.09. The van der Waals surface area contributed by atoms with Gasteiger partial charge in [-0.3, -0.25) is 4.79 Å². The van der Waals surface area contributed by atoms with Gasteiger partial charge in [-0.1, -0.05) is 0 Å². The van der Waals surface area contributed by atoms with Crippen molar-refractivity contribution in [2.75, 3.05) is 11.9 Å². The molecule has 2 unspecified atom stereocenters. The second kappa shape index (κ2) is 4.15. The van der Waals surface area contributed by atoms with E-state index in [2.05, 4.69) is 12.2 Å². The summed E-state index contributed by atoms with van der Waals surface area (Å²) in [4.78, 5) is 12.2. The Morgan fingerprint density at radius 1 is 1.47 bits per heavy atom. The van der Waals surface area contributed by atoms with Crippen LogP contribution in [-0.2, 0) is 11.2 Å². The maximum absolute atomic E-state index is 12.2. The van der Waals surface area contributed by atoms with E-state index in [0.29, 0.717) is 6.04 Å². The van der Waals surface area contributed by atoms with Gasteiger partial charge in [0.1, 0.15) is 6.10 Å². The molecule has 3 nitrogen and oxygen atoms in total. The van der Waals surface area contributed by atoms with Crippen molar-refractivity contribution in [3.8, 4) is 0 Å². The number of anilines is 1. The molecule has 2 aliphatic rings. The van der Waals surface area contributed by atoms with Gasteiger partial charge in [0.15, 0.2) is 5.78 Å². The van der Waals surface area contributed by atoms with Gasteiger partial charge >= 0.3 is 0 Å². The smallest absolute Gasteiger partial charge is 0.191 e. The Labute approximate surface area is 101 Å². The predicted molar refractivity (Wildman–Crippen MR) is 66.5 cm³/mol. The van der Waals surface area contributed by atoms with E-state index in [4.69, 9.17) is 4.74 Å². The van der Waals surface area contributed by atoms with Crippen LogP contribution in [0.5, 0.6) is 0 Å².